The van der Waals surface area contributed by atoms with Gasteiger partial charge in [-0.2, -0.15) is 0 Å². The maximum atomic E-state index is 6.90. The Hall–Kier alpha value is 0.300. The minimum atomic E-state index is -0.495. The minimum Gasteiger partial charge on any atom is -0.319 e. The molecule has 27 heavy (non-hydrogen) atoms. The van der Waals surface area contributed by atoms with Gasteiger partial charge in [-0.15, -0.1) is 18.5 Å². The van der Waals surface area contributed by atoms with Crippen LogP contribution >= 0.6 is 18.5 Å². The summed E-state index contributed by atoms with van der Waals surface area (Å²) in [6.07, 6.45) is 4.64. The van der Waals surface area contributed by atoms with E-state index in [1.807, 2.05) is 0 Å². The van der Waals surface area contributed by atoms with Gasteiger partial charge >= 0.3 is 0 Å². The molecule has 0 radical (unpaired) electrons. The fourth-order valence-electron chi connectivity index (χ4n) is 3.19. The van der Waals surface area contributed by atoms with E-state index < -0.39 is 5.54 Å². The average molecular weight is 414 g/mol. The van der Waals surface area contributed by atoms with Crippen molar-refractivity contribution in [1.82, 2.24) is 0 Å². The van der Waals surface area contributed by atoms with E-state index in [1.165, 1.54) is 11.1 Å². The molecule has 0 fully saturated rings. The van der Waals surface area contributed by atoms with Crippen LogP contribution in [0.4, 0.5) is 0 Å². The number of hydrogen-bond acceptors (Lipinski definition) is 1. The van der Waals surface area contributed by atoms with Crippen molar-refractivity contribution in [2.45, 2.75) is 107 Å². The number of rotatable bonds is 4. The maximum absolute atomic E-state index is 6.90. The van der Waals surface area contributed by atoms with Gasteiger partial charge in [0.2, 0.25) is 0 Å². The normalized spacial score (nSPS) is 20.3. The van der Waals surface area contributed by atoms with Crippen molar-refractivity contribution in [2.75, 3.05) is 0 Å². The Bertz CT molecular complexity index is 505. The van der Waals surface area contributed by atoms with Crippen molar-refractivity contribution in [3.8, 4) is 0 Å². The first-order valence-electron chi connectivity index (χ1n) is 10.3. The molecule has 0 aliphatic rings. The predicted molar refractivity (Wildman–Crippen MR) is 134 cm³/mol. The molecular weight excluding hydrogens is 364 g/mol. The van der Waals surface area contributed by atoms with E-state index in [1.54, 1.807) is 0 Å². The fourth-order valence-corrected chi connectivity index (χ4v) is 4.38. The van der Waals surface area contributed by atoms with Crippen LogP contribution in [-0.4, -0.2) is 16.9 Å². The maximum Gasteiger partial charge on any atom is 0.0502 e. The highest BCUT2D eigenvalue weighted by Crippen LogP contribution is 2.44. The van der Waals surface area contributed by atoms with Crippen LogP contribution in [0.25, 0.3) is 0 Å². The largest absolute Gasteiger partial charge is 0.319 e. The summed E-state index contributed by atoms with van der Waals surface area (Å²) >= 11 is 0. The molecule has 0 aromatic rings. The summed E-state index contributed by atoms with van der Waals surface area (Å²) in [6, 6.07) is 0. The van der Waals surface area contributed by atoms with E-state index in [0.29, 0.717) is 11.3 Å². The van der Waals surface area contributed by atoms with E-state index in [2.05, 4.69) is 121 Å². The van der Waals surface area contributed by atoms with Crippen LogP contribution < -0.4 is 5.73 Å². The summed E-state index contributed by atoms with van der Waals surface area (Å²) in [5, 5.41) is 0. The van der Waals surface area contributed by atoms with Gasteiger partial charge in [-0.3, -0.25) is 0 Å². The summed E-state index contributed by atoms with van der Waals surface area (Å²) in [5.74, 6) is 0. The van der Waals surface area contributed by atoms with Gasteiger partial charge in [0.15, 0.2) is 0 Å². The van der Waals surface area contributed by atoms with Crippen molar-refractivity contribution in [3.05, 3.63) is 23.3 Å². The number of nitrogens with two attached hydrogens (primary N) is 1. The molecular formula is C24H49NP2. The Labute approximate surface area is 176 Å². The molecule has 0 aromatic heterocycles. The van der Waals surface area contributed by atoms with Crippen LogP contribution in [0.3, 0.4) is 0 Å². The molecule has 0 spiro atoms. The topological polar surface area (TPSA) is 26.0 Å². The zero-order chi connectivity index (χ0) is 22.2. The van der Waals surface area contributed by atoms with E-state index >= 15 is 0 Å². The standard InChI is InChI=1S/C24H49NP2/c1-20(2,3)16(18(26)22(7,8)9)14-24(13,25)15-17(21(4,5)6)19(27)23(10,11)12/h14-15,18-19H,25-27H2,1-13H3/b16-14-,17-15-. The van der Waals surface area contributed by atoms with Crippen LogP contribution in [0.1, 0.15) is 90.0 Å². The molecule has 0 heterocycles. The zero-order valence-corrected chi connectivity index (χ0v) is 22.9. The van der Waals surface area contributed by atoms with Crippen molar-refractivity contribution >= 4 is 18.5 Å². The third kappa shape index (κ3) is 8.68. The molecule has 2 N–H and O–H groups in total. The molecule has 0 aliphatic heterocycles. The first kappa shape index (κ1) is 27.3. The van der Waals surface area contributed by atoms with Gasteiger partial charge in [0, 0.05) is 0 Å². The van der Waals surface area contributed by atoms with Gasteiger partial charge < -0.3 is 5.73 Å². The molecule has 3 heteroatoms. The highest BCUT2D eigenvalue weighted by Gasteiger charge is 2.35. The van der Waals surface area contributed by atoms with Crippen LogP contribution in [0.5, 0.6) is 0 Å². The smallest absolute Gasteiger partial charge is 0.0502 e. The first-order valence-corrected chi connectivity index (χ1v) is 11.6. The molecule has 0 saturated heterocycles. The number of hydrogen-bond donors (Lipinski definition) is 1. The average Bonchev–Trinajstić information content (AvgIpc) is 2.36. The van der Waals surface area contributed by atoms with E-state index in [9.17, 15) is 0 Å². The molecule has 0 amide bonds. The van der Waals surface area contributed by atoms with Crippen molar-refractivity contribution in [1.29, 1.82) is 0 Å². The van der Waals surface area contributed by atoms with Crippen molar-refractivity contribution in [2.24, 2.45) is 27.4 Å². The summed E-state index contributed by atoms with van der Waals surface area (Å²) in [7, 11) is 6.13. The summed E-state index contributed by atoms with van der Waals surface area (Å²) in [4.78, 5) is 0. The van der Waals surface area contributed by atoms with E-state index in [0.717, 1.165) is 0 Å². The molecule has 1 nitrogen and oxygen atoms in total. The summed E-state index contributed by atoms with van der Waals surface area (Å²) < 4.78 is 0. The Morgan fingerprint density at radius 3 is 0.963 bits per heavy atom. The van der Waals surface area contributed by atoms with E-state index in [4.69, 9.17) is 5.73 Å². The lowest BCUT2D eigenvalue weighted by molar-refractivity contribution is 0.362. The van der Waals surface area contributed by atoms with Gasteiger partial charge in [-0.25, -0.2) is 0 Å². The molecule has 160 valence electrons. The van der Waals surface area contributed by atoms with Gasteiger partial charge in [-0.1, -0.05) is 106 Å². The second-order valence-electron chi connectivity index (χ2n) is 12.8. The lowest BCUT2D eigenvalue weighted by Gasteiger charge is -2.40. The van der Waals surface area contributed by atoms with Crippen LogP contribution in [-0.2, 0) is 0 Å². The second kappa shape index (κ2) is 8.58. The molecule has 4 atom stereocenters. The SMILES string of the molecule is CC(N)(/C=C(/C(P)C(C)(C)C)C(C)(C)C)/C=C(/C(P)C(C)(C)C)C(C)(C)C. The molecule has 0 aliphatic carbocycles. The van der Waals surface area contributed by atoms with Gasteiger partial charge in [-0.05, 0) is 39.9 Å². The van der Waals surface area contributed by atoms with Crippen LogP contribution in [0.2, 0.25) is 0 Å². The van der Waals surface area contributed by atoms with Crippen molar-refractivity contribution in [3.63, 3.8) is 0 Å². The molecule has 0 bridgehead atoms. The minimum absolute atomic E-state index is 0.0699. The lowest BCUT2D eigenvalue weighted by atomic mass is 9.72. The fraction of sp³-hybridized carbons (Fsp3) is 0.833. The monoisotopic (exact) mass is 413 g/mol. The number of allylic oxidation sites excluding steroid dienone is 2. The quantitative estimate of drug-likeness (QED) is 0.382. The van der Waals surface area contributed by atoms with Crippen molar-refractivity contribution < 1.29 is 0 Å². The Morgan fingerprint density at radius 2 is 0.815 bits per heavy atom. The van der Waals surface area contributed by atoms with Crippen LogP contribution in [0.15, 0.2) is 23.3 Å². The molecule has 0 aromatic carbocycles. The zero-order valence-electron chi connectivity index (χ0n) is 20.5. The highest BCUT2D eigenvalue weighted by atomic mass is 31.0. The summed E-state index contributed by atoms with van der Waals surface area (Å²) in [6.45, 7) is 29.7. The molecule has 0 rings (SSSR count). The Balaban J connectivity index is 6.46. The van der Waals surface area contributed by atoms with Gasteiger partial charge in [0.05, 0.1) is 5.54 Å². The van der Waals surface area contributed by atoms with E-state index in [-0.39, 0.29) is 21.7 Å². The lowest BCUT2D eigenvalue weighted by Crippen LogP contribution is -2.39. The van der Waals surface area contributed by atoms with Gasteiger partial charge in [0.25, 0.3) is 0 Å². The summed E-state index contributed by atoms with van der Waals surface area (Å²) in [5.41, 5.74) is 10.5. The molecule has 4 unspecified atom stereocenters. The Morgan fingerprint density at radius 1 is 0.593 bits per heavy atom. The highest BCUT2D eigenvalue weighted by molar-refractivity contribution is 7.18. The molecule has 0 saturated carbocycles. The van der Waals surface area contributed by atoms with Crippen LogP contribution in [0, 0.1) is 21.7 Å². The second-order valence-corrected chi connectivity index (χ2v) is 14.1. The third-order valence-electron chi connectivity index (χ3n) is 5.20. The van der Waals surface area contributed by atoms with Gasteiger partial charge in [0.1, 0.15) is 0 Å². The first-order chi connectivity index (χ1) is 11.5. The predicted octanol–water partition coefficient (Wildman–Crippen LogP) is 7.23. The Kier molecular flexibility index (Phi) is 8.67. The third-order valence-corrected chi connectivity index (χ3v) is 7.92.